The van der Waals surface area contributed by atoms with E-state index < -0.39 is 5.91 Å². The van der Waals surface area contributed by atoms with Crippen molar-refractivity contribution >= 4 is 41.8 Å². The zero-order valence-electron chi connectivity index (χ0n) is 17.1. The van der Waals surface area contributed by atoms with E-state index in [1.54, 1.807) is 26.3 Å². The van der Waals surface area contributed by atoms with Crippen LogP contribution in [0.2, 0.25) is 0 Å². The van der Waals surface area contributed by atoms with Crippen molar-refractivity contribution in [2.45, 2.75) is 32.2 Å². The minimum atomic E-state index is -0.570. The Morgan fingerprint density at radius 1 is 1.17 bits per heavy atom. The monoisotopic (exact) mass is 517 g/mol. The van der Waals surface area contributed by atoms with Crippen LogP contribution in [0, 0.1) is 5.41 Å². The molecule has 1 aliphatic carbocycles. The predicted octanol–water partition coefficient (Wildman–Crippen LogP) is 1.39. The second kappa shape index (κ2) is 12.6. The van der Waals surface area contributed by atoms with Crippen LogP contribution >= 0.6 is 24.0 Å². The van der Waals surface area contributed by atoms with Gasteiger partial charge in [0.2, 0.25) is 5.91 Å². The second-order valence-corrected chi connectivity index (χ2v) is 7.22. The maximum atomic E-state index is 11.9. The number of guanidine groups is 1. The fourth-order valence-corrected chi connectivity index (χ4v) is 3.23. The molecular formula is C20H32IN5O3. The number of rotatable bonds is 10. The van der Waals surface area contributed by atoms with Gasteiger partial charge in [-0.2, -0.15) is 0 Å². The van der Waals surface area contributed by atoms with Gasteiger partial charge in [-0.1, -0.05) is 18.6 Å². The van der Waals surface area contributed by atoms with Gasteiger partial charge in [0.15, 0.2) is 5.96 Å². The van der Waals surface area contributed by atoms with Crippen LogP contribution in [0.1, 0.15) is 41.6 Å². The zero-order chi connectivity index (χ0) is 20.4. The van der Waals surface area contributed by atoms with Crippen molar-refractivity contribution in [1.29, 1.82) is 0 Å². The molecule has 0 bridgehead atoms. The van der Waals surface area contributed by atoms with E-state index in [4.69, 9.17) is 10.5 Å². The normalized spacial score (nSPS) is 14.9. The second-order valence-electron chi connectivity index (χ2n) is 7.22. The van der Waals surface area contributed by atoms with E-state index in [0.29, 0.717) is 17.5 Å². The molecule has 1 aromatic rings. The molecule has 0 spiro atoms. The van der Waals surface area contributed by atoms with Gasteiger partial charge < -0.3 is 26.4 Å². The highest BCUT2D eigenvalue weighted by molar-refractivity contribution is 14.0. The molecule has 1 saturated carbocycles. The highest BCUT2D eigenvalue weighted by Crippen LogP contribution is 2.43. The molecule has 0 aliphatic heterocycles. The maximum absolute atomic E-state index is 11.9. The van der Waals surface area contributed by atoms with E-state index in [2.05, 4.69) is 20.9 Å². The molecule has 9 heteroatoms. The minimum Gasteiger partial charge on any atom is -0.385 e. The van der Waals surface area contributed by atoms with E-state index >= 15 is 0 Å². The summed E-state index contributed by atoms with van der Waals surface area (Å²) in [7, 11) is 3.50. The molecule has 1 aliphatic rings. The molecule has 0 radical (unpaired) electrons. The van der Waals surface area contributed by atoms with Crippen molar-refractivity contribution in [3.63, 3.8) is 0 Å². The molecule has 0 aromatic heterocycles. The van der Waals surface area contributed by atoms with Crippen LogP contribution in [-0.4, -0.2) is 51.6 Å². The van der Waals surface area contributed by atoms with Gasteiger partial charge >= 0.3 is 0 Å². The number of nitrogens with zero attached hydrogens (tertiary/aromatic N) is 1. The van der Waals surface area contributed by atoms with Gasteiger partial charge in [0.1, 0.15) is 0 Å². The fourth-order valence-electron chi connectivity index (χ4n) is 3.23. The number of ether oxygens (including phenoxy) is 1. The lowest BCUT2D eigenvalue weighted by Crippen LogP contribution is -2.46. The number of carbonyl (C=O) groups is 2. The van der Waals surface area contributed by atoms with Crippen LogP contribution < -0.4 is 21.7 Å². The molecule has 0 heterocycles. The quantitative estimate of drug-likeness (QED) is 0.213. The maximum Gasteiger partial charge on any atom is 0.251 e. The molecule has 0 unspecified atom stereocenters. The first-order chi connectivity index (χ1) is 13.5. The number of halogens is 1. The first-order valence-electron chi connectivity index (χ1n) is 9.57. The summed E-state index contributed by atoms with van der Waals surface area (Å²) in [4.78, 5) is 26.9. The average Bonchev–Trinajstić information content (AvgIpc) is 2.67. The Balaban J connectivity index is 0.00000420. The summed E-state index contributed by atoms with van der Waals surface area (Å²) >= 11 is 0. The zero-order valence-corrected chi connectivity index (χ0v) is 19.5. The summed E-state index contributed by atoms with van der Waals surface area (Å²) in [5.74, 6) is -0.136. The van der Waals surface area contributed by atoms with Crippen LogP contribution in [0.4, 0.5) is 0 Å². The molecular weight excluding hydrogens is 485 g/mol. The van der Waals surface area contributed by atoms with Crippen molar-refractivity contribution in [3.05, 3.63) is 35.4 Å². The highest BCUT2D eigenvalue weighted by atomic mass is 127. The lowest BCUT2D eigenvalue weighted by atomic mass is 9.67. The molecule has 29 heavy (non-hydrogen) atoms. The van der Waals surface area contributed by atoms with Gasteiger partial charge in [0.05, 0.1) is 6.54 Å². The van der Waals surface area contributed by atoms with Gasteiger partial charge in [0, 0.05) is 39.4 Å². The van der Waals surface area contributed by atoms with Crippen molar-refractivity contribution in [1.82, 2.24) is 16.0 Å². The number of nitrogens with two attached hydrogens (primary N) is 1. The number of methoxy groups -OCH3 is 1. The van der Waals surface area contributed by atoms with Crippen LogP contribution in [0.5, 0.6) is 0 Å². The molecule has 1 aromatic carbocycles. The standard InChI is InChI=1S/C20H31N5O3.HI/c1-22-19(25-14-20(8-3-9-20)10-11-28-2)24-12-15-4-6-16(7-5-15)18(27)23-13-17(21)26;/h4-7H,3,8-14H2,1-2H3,(H2,21,26)(H,23,27)(H2,22,24,25);1H. The number of nitrogens with one attached hydrogen (secondary N) is 3. The average molecular weight is 517 g/mol. The Labute approximate surface area is 189 Å². The Kier molecular flexibility index (Phi) is 11.0. The molecule has 0 saturated heterocycles. The highest BCUT2D eigenvalue weighted by Gasteiger charge is 2.36. The molecule has 8 nitrogen and oxygen atoms in total. The van der Waals surface area contributed by atoms with Crippen LogP contribution in [-0.2, 0) is 16.1 Å². The Bertz CT molecular complexity index is 690. The van der Waals surface area contributed by atoms with Crippen molar-refractivity contribution in [2.75, 3.05) is 33.9 Å². The van der Waals surface area contributed by atoms with E-state index in [1.165, 1.54) is 19.3 Å². The largest absolute Gasteiger partial charge is 0.385 e. The minimum absolute atomic E-state index is 0. The van der Waals surface area contributed by atoms with Crippen molar-refractivity contribution in [3.8, 4) is 0 Å². The van der Waals surface area contributed by atoms with Gasteiger partial charge in [-0.05, 0) is 42.4 Å². The van der Waals surface area contributed by atoms with Gasteiger partial charge in [0.25, 0.3) is 5.91 Å². The van der Waals surface area contributed by atoms with Gasteiger partial charge in [-0.25, -0.2) is 0 Å². The number of amides is 2. The summed E-state index contributed by atoms with van der Waals surface area (Å²) in [6, 6.07) is 7.17. The number of benzene rings is 1. The fraction of sp³-hybridized carbons (Fsp3) is 0.550. The topological polar surface area (TPSA) is 118 Å². The molecule has 1 fully saturated rings. The summed E-state index contributed by atoms with van der Waals surface area (Å²) in [5.41, 5.74) is 6.84. The third kappa shape index (κ3) is 8.17. The Hall–Kier alpha value is -1.88. The molecule has 0 atom stereocenters. The Morgan fingerprint density at radius 2 is 1.86 bits per heavy atom. The summed E-state index contributed by atoms with van der Waals surface area (Å²) in [6.07, 6.45) is 4.78. The smallest absolute Gasteiger partial charge is 0.251 e. The molecule has 2 amide bonds. The van der Waals surface area contributed by atoms with Crippen molar-refractivity contribution < 1.29 is 14.3 Å². The van der Waals surface area contributed by atoms with Gasteiger partial charge in [-0.15, -0.1) is 24.0 Å². The molecule has 5 N–H and O–H groups in total. The first-order valence-corrected chi connectivity index (χ1v) is 9.57. The number of carbonyl (C=O) groups excluding carboxylic acids is 2. The van der Waals surface area contributed by atoms with Crippen molar-refractivity contribution in [2.24, 2.45) is 16.1 Å². The van der Waals surface area contributed by atoms with E-state index in [9.17, 15) is 9.59 Å². The van der Waals surface area contributed by atoms with Crippen LogP contribution in [0.3, 0.4) is 0 Å². The first kappa shape index (κ1) is 25.2. The number of hydrogen-bond acceptors (Lipinski definition) is 4. The van der Waals surface area contributed by atoms with Crippen LogP contribution in [0.15, 0.2) is 29.3 Å². The predicted molar refractivity (Wildman–Crippen MR) is 124 cm³/mol. The van der Waals surface area contributed by atoms with E-state index in [-0.39, 0.29) is 36.4 Å². The third-order valence-corrected chi connectivity index (χ3v) is 5.20. The Morgan fingerprint density at radius 3 is 2.38 bits per heavy atom. The number of hydrogen-bond donors (Lipinski definition) is 4. The SMILES string of the molecule is CN=C(NCc1ccc(C(=O)NCC(N)=O)cc1)NCC1(CCOC)CCC1.I. The lowest BCUT2D eigenvalue weighted by molar-refractivity contribution is -0.117. The lowest BCUT2D eigenvalue weighted by Gasteiger charge is -2.42. The van der Waals surface area contributed by atoms with Crippen LogP contribution in [0.25, 0.3) is 0 Å². The molecule has 2 rings (SSSR count). The van der Waals surface area contributed by atoms with E-state index in [0.717, 1.165) is 31.1 Å². The van der Waals surface area contributed by atoms with Gasteiger partial charge in [-0.3, -0.25) is 14.6 Å². The summed E-state index contributed by atoms with van der Waals surface area (Å²) in [6.45, 7) is 2.09. The third-order valence-electron chi connectivity index (χ3n) is 5.20. The summed E-state index contributed by atoms with van der Waals surface area (Å²) < 4.78 is 5.24. The number of aliphatic imine (C=N–C) groups is 1. The number of primary amides is 1. The molecule has 162 valence electrons. The summed E-state index contributed by atoms with van der Waals surface area (Å²) in [5, 5.41) is 9.19. The van der Waals surface area contributed by atoms with E-state index in [1.807, 2.05) is 12.1 Å².